The summed E-state index contributed by atoms with van der Waals surface area (Å²) in [5.74, 6) is 2.23. The minimum absolute atomic E-state index is 0.268. The Kier molecular flexibility index (Phi) is 4.62. The van der Waals surface area contributed by atoms with E-state index in [9.17, 15) is 0 Å². The zero-order valence-corrected chi connectivity index (χ0v) is 18.5. The lowest BCUT2D eigenvalue weighted by atomic mass is 10.1. The Morgan fingerprint density at radius 1 is 1.06 bits per heavy atom. The number of nitrogens with two attached hydrogens (primary N) is 1. The highest BCUT2D eigenvalue weighted by Crippen LogP contribution is 2.46. The van der Waals surface area contributed by atoms with E-state index in [0.717, 1.165) is 53.3 Å². The number of benzene rings is 1. The molecule has 32 heavy (non-hydrogen) atoms. The fourth-order valence-electron chi connectivity index (χ4n) is 4.94. The van der Waals surface area contributed by atoms with E-state index >= 15 is 0 Å². The quantitative estimate of drug-likeness (QED) is 0.519. The number of likely N-dealkylation sites (tertiary alicyclic amines) is 1. The highest BCUT2D eigenvalue weighted by atomic mass is 16.5. The van der Waals surface area contributed by atoms with Crippen LogP contribution < -0.4 is 10.5 Å². The van der Waals surface area contributed by atoms with E-state index in [1.54, 1.807) is 7.11 Å². The Morgan fingerprint density at radius 2 is 1.91 bits per heavy atom. The molecule has 2 fully saturated rings. The molecule has 0 spiro atoms. The number of ether oxygens (including phenoxy) is 1. The average Bonchev–Trinajstić information content (AvgIpc) is 3.43. The summed E-state index contributed by atoms with van der Waals surface area (Å²) < 4.78 is 7.86. The van der Waals surface area contributed by atoms with Crippen molar-refractivity contribution in [3.63, 3.8) is 0 Å². The normalized spacial score (nSPS) is 20.3. The van der Waals surface area contributed by atoms with Crippen molar-refractivity contribution in [3.05, 3.63) is 53.7 Å². The lowest BCUT2D eigenvalue weighted by molar-refractivity contribution is 0.259. The molecule has 0 unspecified atom stereocenters. The molecule has 7 nitrogen and oxygen atoms in total. The number of nitrogens with zero attached hydrogens (tertiary/aromatic N) is 5. The van der Waals surface area contributed by atoms with Crippen LogP contribution in [-0.4, -0.2) is 50.7 Å². The van der Waals surface area contributed by atoms with E-state index < -0.39 is 0 Å². The third-order valence-corrected chi connectivity index (χ3v) is 7.01. The number of fused-ring (bicyclic) bond motifs is 2. The van der Waals surface area contributed by atoms with Crippen LogP contribution in [0.25, 0.3) is 28.1 Å². The van der Waals surface area contributed by atoms with Crippen LogP contribution in [0.5, 0.6) is 5.75 Å². The van der Waals surface area contributed by atoms with Gasteiger partial charge in [-0.1, -0.05) is 24.3 Å². The first-order valence-electron chi connectivity index (χ1n) is 11.4. The van der Waals surface area contributed by atoms with Gasteiger partial charge < -0.3 is 10.5 Å². The highest BCUT2D eigenvalue weighted by molar-refractivity contribution is 5.88. The number of hydrogen-bond donors (Lipinski definition) is 1. The van der Waals surface area contributed by atoms with Gasteiger partial charge in [-0.25, -0.2) is 4.98 Å². The zero-order valence-electron chi connectivity index (χ0n) is 18.5. The summed E-state index contributed by atoms with van der Waals surface area (Å²) in [6.07, 6.45) is 5.64. The van der Waals surface area contributed by atoms with Crippen LogP contribution in [0.3, 0.4) is 0 Å². The van der Waals surface area contributed by atoms with Crippen molar-refractivity contribution in [3.8, 4) is 17.3 Å². The molecule has 0 amide bonds. The lowest BCUT2D eigenvalue weighted by Crippen LogP contribution is -2.28. The molecule has 4 heterocycles. The van der Waals surface area contributed by atoms with Crippen LogP contribution in [0.15, 0.2) is 42.6 Å². The largest absolute Gasteiger partial charge is 0.494 e. The minimum atomic E-state index is 0.268. The molecule has 2 atom stereocenters. The van der Waals surface area contributed by atoms with Crippen molar-refractivity contribution in [2.45, 2.75) is 44.2 Å². The maximum Gasteiger partial charge on any atom is 0.187 e. The van der Waals surface area contributed by atoms with Crippen molar-refractivity contribution < 1.29 is 4.74 Å². The second-order valence-electron chi connectivity index (χ2n) is 9.16. The number of aromatic nitrogens is 4. The fraction of sp³-hybridized carbons (Fsp3) is 0.400. The molecule has 2 aliphatic rings. The van der Waals surface area contributed by atoms with Crippen molar-refractivity contribution in [1.82, 2.24) is 24.5 Å². The number of rotatable bonds is 5. The maximum atomic E-state index is 6.13. The van der Waals surface area contributed by atoms with Crippen LogP contribution in [0.2, 0.25) is 0 Å². The smallest absolute Gasteiger partial charge is 0.187 e. The summed E-state index contributed by atoms with van der Waals surface area (Å²) in [6, 6.07) is 13.2. The number of methoxy groups -OCH3 is 1. The van der Waals surface area contributed by atoms with Crippen LogP contribution in [0.4, 0.5) is 0 Å². The Morgan fingerprint density at radius 3 is 2.66 bits per heavy atom. The summed E-state index contributed by atoms with van der Waals surface area (Å²) in [7, 11) is 1.74. The van der Waals surface area contributed by atoms with E-state index in [4.69, 9.17) is 15.5 Å². The molecule has 1 aliphatic carbocycles. The topological polar surface area (TPSA) is 81.6 Å². The average molecular weight is 429 g/mol. The molecule has 1 aliphatic heterocycles. The van der Waals surface area contributed by atoms with E-state index in [0.29, 0.717) is 5.92 Å². The van der Waals surface area contributed by atoms with Gasteiger partial charge in [-0.15, -0.1) is 10.2 Å². The van der Waals surface area contributed by atoms with Gasteiger partial charge in [0.05, 0.1) is 7.11 Å². The molecule has 1 saturated heterocycles. The summed E-state index contributed by atoms with van der Waals surface area (Å²) in [5.41, 5.74) is 11.1. The van der Waals surface area contributed by atoms with Gasteiger partial charge in [0, 0.05) is 36.8 Å². The number of hydrogen-bond acceptors (Lipinski definition) is 6. The summed E-state index contributed by atoms with van der Waals surface area (Å²) >= 11 is 0. The molecule has 3 aromatic heterocycles. The molecular formula is C25H28N6O. The van der Waals surface area contributed by atoms with Crippen LogP contribution in [-0.2, 0) is 0 Å². The van der Waals surface area contributed by atoms with Gasteiger partial charge in [-0.3, -0.25) is 9.30 Å². The molecule has 1 saturated carbocycles. The van der Waals surface area contributed by atoms with Crippen molar-refractivity contribution in [2.24, 2.45) is 5.73 Å². The molecule has 0 bridgehead atoms. The van der Waals surface area contributed by atoms with Gasteiger partial charge in [0.2, 0.25) is 0 Å². The van der Waals surface area contributed by atoms with Crippen LogP contribution in [0.1, 0.15) is 49.3 Å². The third-order valence-electron chi connectivity index (χ3n) is 7.01. The van der Waals surface area contributed by atoms with Gasteiger partial charge in [0.15, 0.2) is 11.5 Å². The van der Waals surface area contributed by atoms with Gasteiger partial charge in [0.1, 0.15) is 17.0 Å². The van der Waals surface area contributed by atoms with E-state index in [2.05, 4.69) is 52.5 Å². The molecule has 7 heteroatoms. The zero-order chi connectivity index (χ0) is 21.8. The first-order valence-corrected chi connectivity index (χ1v) is 11.4. The van der Waals surface area contributed by atoms with Crippen LogP contribution >= 0.6 is 0 Å². The molecular weight excluding hydrogens is 400 g/mol. The molecule has 2 N–H and O–H groups in total. The van der Waals surface area contributed by atoms with E-state index in [1.807, 2.05) is 16.5 Å². The van der Waals surface area contributed by atoms with Crippen molar-refractivity contribution in [1.29, 1.82) is 0 Å². The summed E-state index contributed by atoms with van der Waals surface area (Å²) in [4.78, 5) is 7.43. The maximum absolute atomic E-state index is 6.13. The Balaban J connectivity index is 1.43. The molecule has 164 valence electrons. The second-order valence-corrected chi connectivity index (χ2v) is 9.16. The standard InChI is InChI=1S/C25H28N6O/c1-15(30-12-11-19(26)14-30)18-7-10-22-28-29-25(31(22)13-18)21-9-6-17-5-8-20(16-3-4-16)24(32-2)23(17)27-21/h5-10,13,15-16,19H,3-4,11-12,14,26H2,1-2H3/t15-,19-/m0/s1. The van der Waals surface area contributed by atoms with Crippen LogP contribution in [0, 0.1) is 0 Å². The molecule has 4 aromatic rings. The monoisotopic (exact) mass is 428 g/mol. The Bertz CT molecular complexity index is 1310. The van der Waals surface area contributed by atoms with Gasteiger partial charge in [0.25, 0.3) is 0 Å². The predicted octanol–water partition coefficient (Wildman–Crippen LogP) is 3.92. The summed E-state index contributed by atoms with van der Waals surface area (Å²) in [6.45, 7) is 4.20. The lowest BCUT2D eigenvalue weighted by Gasteiger charge is -2.24. The van der Waals surface area contributed by atoms with Crippen molar-refractivity contribution in [2.75, 3.05) is 20.2 Å². The minimum Gasteiger partial charge on any atom is -0.494 e. The first kappa shape index (κ1) is 19.6. The first-order chi connectivity index (χ1) is 15.6. The van der Waals surface area contributed by atoms with Gasteiger partial charge >= 0.3 is 0 Å². The van der Waals surface area contributed by atoms with E-state index in [1.165, 1.54) is 24.0 Å². The molecule has 0 radical (unpaired) electrons. The fourth-order valence-corrected chi connectivity index (χ4v) is 4.94. The van der Waals surface area contributed by atoms with E-state index in [-0.39, 0.29) is 12.1 Å². The Hall–Kier alpha value is -3.03. The third kappa shape index (κ3) is 3.24. The SMILES string of the molecule is COc1c(C2CC2)ccc2ccc(-c3nnc4ccc([C@H](C)N5CC[C@H](N)C5)cn34)nc12. The van der Waals surface area contributed by atoms with Crippen molar-refractivity contribution >= 4 is 16.6 Å². The molecule has 6 rings (SSSR count). The summed E-state index contributed by atoms with van der Waals surface area (Å²) in [5, 5.41) is 9.95. The number of pyridine rings is 2. The predicted molar refractivity (Wildman–Crippen MR) is 125 cm³/mol. The Labute approximate surface area is 187 Å². The second kappa shape index (κ2) is 7.53. The highest BCUT2D eigenvalue weighted by Gasteiger charge is 2.28. The molecule has 1 aromatic carbocycles. The van der Waals surface area contributed by atoms with Gasteiger partial charge in [-0.2, -0.15) is 0 Å². The van der Waals surface area contributed by atoms with Gasteiger partial charge in [-0.05, 0) is 55.4 Å².